The number of aromatic nitrogens is 2. The first-order chi connectivity index (χ1) is 8.79. The van der Waals surface area contributed by atoms with Crippen molar-refractivity contribution in [2.75, 3.05) is 18.0 Å². The van der Waals surface area contributed by atoms with Gasteiger partial charge in [0.25, 0.3) is 5.91 Å². The Morgan fingerprint density at radius 3 is 2.53 bits per heavy atom. The number of primary amides is 1. The van der Waals surface area contributed by atoms with Gasteiger partial charge < -0.3 is 15.7 Å². The summed E-state index contributed by atoms with van der Waals surface area (Å²) in [4.78, 5) is 24.3. The highest BCUT2D eigenvalue weighted by Gasteiger charge is 2.24. The molecule has 1 aromatic heterocycles. The molecule has 0 aromatic carbocycles. The van der Waals surface area contributed by atoms with Crippen LogP contribution in [0, 0.1) is 12.8 Å². The molecule has 106 valence electrons. The van der Waals surface area contributed by atoms with Crippen LogP contribution in [-0.2, 0) is 11.8 Å². The number of anilines is 1. The predicted octanol–water partition coefficient (Wildman–Crippen LogP) is 0.374. The van der Waals surface area contributed by atoms with Gasteiger partial charge in [-0.3, -0.25) is 14.3 Å². The molecule has 0 fully saturated rings. The zero-order chi connectivity index (χ0) is 14.7. The average Bonchev–Trinajstić information content (AvgIpc) is 2.60. The van der Waals surface area contributed by atoms with Crippen LogP contribution in [0.1, 0.15) is 29.9 Å². The number of hydrogen-bond donors (Lipinski definition) is 2. The number of aryl methyl sites for hydroxylation is 2. The van der Waals surface area contributed by atoms with Gasteiger partial charge in [0.1, 0.15) is 11.4 Å². The molecule has 1 amide bonds. The summed E-state index contributed by atoms with van der Waals surface area (Å²) in [5.41, 5.74) is 6.27. The van der Waals surface area contributed by atoms with E-state index in [1.54, 1.807) is 30.5 Å². The molecular weight excluding hydrogens is 248 g/mol. The topological polar surface area (TPSA) is 101 Å². The molecule has 7 nitrogen and oxygen atoms in total. The third-order valence-corrected chi connectivity index (χ3v) is 3.04. The van der Waals surface area contributed by atoms with Gasteiger partial charge in [-0.15, -0.1) is 0 Å². The first-order valence-corrected chi connectivity index (χ1v) is 6.10. The molecule has 0 spiro atoms. The Labute approximate surface area is 112 Å². The highest BCUT2D eigenvalue weighted by atomic mass is 16.4. The van der Waals surface area contributed by atoms with Crippen LogP contribution < -0.4 is 10.6 Å². The SMILES string of the molecule is CCN(CC(C)C(=O)O)c1c(C(N)=O)c(C)nn1C. The van der Waals surface area contributed by atoms with E-state index in [2.05, 4.69) is 5.10 Å². The van der Waals surface area contributed by atoms with E-state index in [0.717, 1.165) is 0 Å². The number of nitrogens with zero attached hydrogens (tertiary/aromatic N) is 3. The normalized spacial score (nSPS) is 12.2. The van der Waals surface area contributed by atoms with Gasteiger partial charge in [0.15, 0.2) is 0 Å². The number of rotatable bonds is 6. The lowest BCUT2D eigenvalue weighted by Gasteiger charge is -2.25. The summed E-state index contributed by atoms with van der Waals surface area (Å²) in [7, 11) is 1.71. The fourth-order valence-corrected chi connectivity index (χ4v) is 2.07. The zero-order valence-electron chi connectivity index (χ0n) is 11.7. The van der Waals surface area contributed by atoms with Crippen molar-refractivity contribution in [3.05, 3.63) is 11.3 Å². The maximum Gasteiger partial charge on any atom is 0.308 e. The minimum Gasteiger partial charge on any atom is -0.481 e. The van der Waals surface area contributed by atoms with E-state index in [1.165, 1.54) is 0 Å². The van der Waals surface area contributed by atoms with E-state index in [9.17, 15) is 9.59 Å². The van der Waals surface area contributed by atoms with Crippen molar-refractivity contribution < 1.29 is 14.7 Å². The molecule has 0 bridgehead atoms. The van der Waals surface area contributed by atoms with Crippen LogP contribution in [-0.4, -0.2) is 39.9 Å². The summed E-state index contributed by atoms with van der Waals surface area (Å²) in [6.45, 7) is 6.08. The van der Waals surface area contributed by atoms with Crippen molar-refractivity contribution in [3.8, 4) is 0 Å². The first-order valence-electron chi connectivity index (χ1n) is 6.10. The molecule has 1 atom stereocenters. The zero-order valence-corrected chi connectivity index (χ0v) is 11.7. The van der Waals surface area contributed by atoms with Crippen molar-refractivity contribution in [1.82, 2.24) is 9.78 Å². The van der Waals surface area contributed by atoms with Crippen molar-refractivity contribution in [2.24, 2.45) is 18.7 Å². The number of aliphatic carboxylic acids is 1. The highest BCUT2D eigenvalue weighted by molar-refractivity contribution is 5.99. The van der Waals surface area contributed by atoms with Gasteiger partial charge in [0, 0.05) is 20.1 Å². The van der Waals surface area contributed by atoms with Crippen LogP contribution in [0.25, 0.3) is 0 Å². The van der Waals surface area contributed by atoms with E-state index < -0.39 is 17.8 Å². The standard InChI is InChI=1S/C12H20N4O3/c1-5-16(6-7(2)12(18)19)11-9(10(13)17)8(3)14-15(11)4/h7H,5-6H2,1-4H3,(H2,13,17)(H,18,19). The summed E-state index contributed by atoms with van der Waals surface area (Å²) in [5, 5.41) is 13.2. The van der Waals surface area contributed by atoms with Crippen LogP contribution >= 0.6 is 0 Å². The van der Waals surface area contributed by atoms with Gasteiger partial charge in [0.2, 0.25) is 0 Å². The van der Waals surface area contributed by atoms with Gasteiger partial charge >= 0.3 is 5.97 Å². The molecule has 19 heavy (non-hydrogen) atoms. The Morgan fingerprint density at radius 2 is 2.11 bits per heavy atom. The molecular formula is C12H20N4O3. The van der Waals surface area contributed by atoms with Gasteiger partial charge in [-0.05, 0) is 13.8 Å². The monoisotopic (exact) mass is 268 g/mol. The van der Waals surface area contributed by atoms with Crippen molar-refractivity contribution in [3.63, 3.8) is 0 Å². The number of hydrogen-bond acceptors (Lipinski definition) is 4. The Morgan fingerprint density at radius 1 is 1.53 bits per heavy atom. The van der Waals surface area contributed by atoms with Crippen molar-refractivity contribution >= 4 is 17.7 Å². The Bertz CT molecular complexity index is 495. The molecule has 0 saturated heterocycles. The van der Waals surface area contributed by atoms with Crippen LogP contribution in [0.2, 0.25) is 0 Å². The van der Waals surface area contributed by atoms with E-state index in [4.69, 9.17) is 10.8 Å². The third kappa shape index (κ3) is 3.04. The number of carbonyl (C=O) groups excluding carboxylic acids is 1. The average molecular weight is 268 g/mol. The maximum absolute atomic E-state index is 11.5. The highest BCUT2D eigenvalue weighted by Crippen LogP contribution is 2.23. The van der Waals surface area contributed by atoms with Crippen LogP contribution in [0.3, 0.4) is 0 Å². The summed E-state index contributed by atoms with van der Waals surface area (Å²) in [6, 6.07) is 0. The summed E-state index contributed by atoms with van der Waals surface area (Å²) in [5.74, 6) is -1.41. The molecule has 3 N–H and O–H groups in total. The quantitative estimate of drug-likeness (QED) is 0.776. The minimum atomic E-state index is -0.877. The lowest BCUT2D eigenvalue weighted by atomic mass is 10.1. The fraction of sp³-hybridized carbons (Fsp3) is 0.583. The molecule has 0 aliphatic carbocycles. The Balaban J connectivity index is 3.18. The van der Waals surface area contributed by atoms with Gasteiger partial charge in [0.05, 0.1) is 11.6 Å². The molecule has 1 unspecified atom stereocenters. The van der Waals surface area contributed by atoms with Crippen molar-refractivity contribution in [2.45, 2.75) is 20.8 Å². The second-order valence-corrected chi connectivity index (χ2v) is 4.55. The van der Waals surface area contributed by atoms with E-state index in [1.807, 2.05) is 6.92 Å². The largest absolute Gasteiger partial charge is 0.481 e. The summed E-state index contributed by atoms with van der Waals surface area (Å²) < 4.78 is 1.56. The van der Waals surface area contributed by atoms with E-state index in [-0.39, 0.29) is 0 Å². The molecule has 1 aromatic rings. The summed E-state index contributed by atoms with van der Waals surface area (Å²) in [6.07, 6.45) is 0. The second kappa shape index (κ2) is 5.73. The lowest BCUT2D eigenvalue weighted by Crippen LogP contribution is -2.34. The van der Waals surface area contributed by atoms with Gasteiger partial charge in [-0.25, -0.2) is 0 Å². The van der Waals surface area contributed by atoms with Crippen molar-refractivity contribution in [1.29, 1.82) is 0 Å². The van der Waals surface area contributed by atoms with Crippen LogP contribution in [0.5, 0.6) is 0 Å². The van der Waals surface area contributed by atoms with Gasteiger partial charge in [-0.1, -0.05) is 6.92 Å². The second-order valence-electron chi connectivity index (χ2n) is 4.55. The van der Waals surface area contributed by atoms with Gasteiger partial charge in [-0.2, -0.15) is 5.10 Å². The smallest absolute Gasteiger partial charge is 0.308 e. The number of nitrogens with two attached hydrogens (primary N) is 1. The van der Waals surface area contributed by atoms with Crippen LogP contribution in [0.4, 0.5) is 5.82 Å². The minimum absolute atomic E-state index is 0.297. The molecule has 1 rings (SSSR count). The summed E-state index contributed by atoms with van der Waals surface area (Å²) >= 11 is 0. The fourth-order valence-electron chi connectivity index (χ4n) is 2.07. The third-order valence-electron chi connectivity index (χ3n) is 3.04. The van der Waals surface area contributed by atoms with Crippen LogP contribution in [0.15, 0.2) is 0 Å². The molecule has 0 aliphatic heterocycles. The lowest BCUT2D eigenvalue weighted by molar-refractivity contribution is -0.140. The maximum atomic E-state index is 11.5. The Kier molecular flexibility index (Phi) is 4.52. The van der Waals surface area contributed by atoms with E-state index >= 15 is 0 Å². The Hall–Kier alpha value is -2.05. The molecule has 0 aliphatic rings. The number of carbonyl (C=O) groups is 2. The van der Waals surface area contributed by atoms with E-state index in [0.29, 0.717) is 30.2 Å². The number of amides is 1. The molecule has 1 heterocycles. The molecule has 7 heteroatoms. The number of carboxylic acid groups (broad SMARTS) is 1. The first kappa shape index (κ1) is 15.0. The predicted molar refractivity (Wildman–Crippen MR) is 71.1 cm³/mol. The molecule has 0 saturated carbocycles. The number of carboxylic acids is 1. The molecule has 0 radical (unpaired) electrons.